The van der Waals surface area contributed by atoms with Gasteiger partial charge >= 0.3 is 5.69 Å². The first-order valence-electron chi connectivity index (χ1n) is 5.68. The standard InChI is InChI=1S/C12H15BrClNO3/c1-9(5-7-13)6-8-18-12-10(14)3-2-4-11(12)15(16)17/h2-4,9H,5-8H2,1H3. The number of ether oxygens (including phenoxy) is 1. The van der Waals surface area contributed by atoms with Crippen molar-refractivity contribution < 1.29 is 9.66 Å². The van der Waals surface area contributed by atoms with Gasteiger partial charge in [-0.05, 0) is 24.8 Å². The molecule has 100 valence electrons. The number of nitrogens with zero attached hydrogens (tertiary/aromatic N) is 1. The van der Waals surface area contributed by atoms with E-state index in [0.29, 0.717) is 12.5 Å². The van der Waals surface area contributed by atoms with E-state index in [9.17, 15) is 10.1 Å². The number of rotatable bonds is 7. The number of halogens is 2. The van der Waals surface area contributed by atoms with Crippen LogP contribution in [-0.4, -0.2) is 16.9 Å². The minimum Gasteiger partial charge on any atom is -0.486 e. The molecular weight excluding hydrogens is 321 g/mol. The van der Waals surface area contributed by atoms with Crippen molar-refractivity contribution in [2.75, 3.05) is 11.9 Å². The Morgan fingerprint density at radius 1 is 1.50 bits per heavy atom. The van der Waals surface area contributed by atoms with Crippen molar-refractivity contribution in [1.82, 2.24) is 0 Å². The molecule has 0 N–H and O–H groups in total. The van der Waals surface area contributed by atoms with Crippen molar-refractivity contribution in [2.24, 2.45) is 5.92 Å². The molecule has 1 rings (SSSR count). The van der Waals surface area contributed by atoms with Crippen molar-refractivity contribution in [2.45, 2.75) is 19.8 Å². The molecule has 1 atom stereocenters. The first-order chi connectivity index (χ1) is 8.56. The van der Waals surface area contributed by atoms with Gasteiger partial charge in [0.2, 0.25) is 5.75 Å². The normalized spacial score (nSPS) is 12.2. The molecule has 0 aliphatic heterocycles. The smallest absolute Gasteiger partial charge is 0.312 e. The average Bonchev–Trinajstić information content (AvgIpc) is 2.31. The molecule has 4 nitrogen and oxygen atoms in total. The van der Waals surface area contributed by atoms with Gasteiger partial charge in [0, 0.05) is 11.4 Å². The van der Waals surface area contributed by atoms with Crippen LogP contribution in [0.1, 0.15) is 19.8 Å². The summed E-state index contributed by atoms with van der Waals surface area (Å²) in [6, 6.07) is 4.52. The number of nitro benzene ring substituents is 1. The Bertz CT molecular complexity index is 414. The van der Waals surface area contributed by atoms with Crippen molar-refractivity contribution in [1.29, 1.82) is 0 Å². The van der Waals surface area contributed by atoms with E-state index in [-0.39, 0.29) is 16.5 Å². The van der Waals surface area contributed by atoms with E-state index < -0.39 is 4.92 Å². The zero-order chi connectivity index (χ0) is 13.5. The lowest BCUT2D eigenvalue weighted by atomic mass is 10.1. The summed E-state index contributed by atoms with van der Waals surface area (Å²) in [7, 11) is 0. The summed E-state index contributed by atoms with van der Waals surface area (Å²) in [5.74, 6) is 0.668. The highest BCUT2D eigenvalue weighted by Gasteiger charge is 2.18. The Morgan fingerprint density at radius 3 is 2.83 bits per heavy atom. The molecule has 0 bridgehead atoms. The Balaban J connectivity index is 2.64. The van der Waals surface area contributed by atoms with Crippen LogP contribution < -0.4 is 4.74 Å². The second kappa shape index (κ2) is 7.59. The number of hydrogen-bond acceptors (Lipinski definition) is 3. The Morgan fingerprint density at radius 2 is 2.22 bits per heavy atom. The lowest BCUT2D eigenvalue weighted by Crippen LogP contribution is -2.06. The fraction of sp³-hybridized carbons (Fsp3) is 0.500. The summed E-state index contributed by atoms with van der Waals surface area (Å²) >= 11 is 9.29. The molecule has 1 aromatic rings. The molecule has 0 aromatic heterocycles. The lowest BCUT2D eigenvalue weighted by molar-refractivity contribution is -0.385. The molecule has 0 spiro atoms. The third kappa shape index (κ3) is 4.46. The number of nitro groups is 1. The molecule has 0 radical (unpaired) electrons. The van der Waals surface area contributed by atoms with Crippen LogP contribution in [0.3, 0.4) is 0 Å². The van der Waals surface area contributed by atoms with E-state index in [2.05, 4.69) is 22.9 Å². The fourth-order valence-corrected chi connectivity index (χ4v) is 2.48. The van der Waals surface area contributed by atoms with E-state index in [1.807, 2.05) is 0 Å². The Kier molecular flexibility index (Phi) is 6.43. The number of para-hydroxylation sites is 1. The number of benzene rings is 1. The first kappa shape index (κ1) is 15.2. The van der Waals surface area contributed by atoms with Crippen LogP contribution in [0.2, 0.25) is 5.02 Å². The van der Waals surface area contributed by atoms with Gasteiger partial charge in [0.1, 0.15) is 0 Å². The summed E-state index contributed by atoms with van der Waals surface area (Å²) in [5, 5.41) is 12.1. The molecule has 0 aliphatic carbocycles. The molecule has 0 heterocycles. The van der Waals surface area contributed by atoms with E-state index in [4.69, 9.17) is 16.3 Å². The van der Waals surface area contributed by atoms with E-state index in [1.165, 1.54) is 6.07 Å². The molecule has 0 aliphatic rings. The maximum atomic E-state index is 10.8. The van der Waals surface area contributed by atoms with Crippen molar-refractivity contribution >= 4 is 33.2 Å². The van der Waals surface area contributed by atoms with E-state index in [1.54, 1.807) is 12.1 Å². The maximum absolute atomic E-state index is 10.8. The van der Waals surface area contributed by atoms with Gasteiger partial charge in [-0.15, -0.1) is 0 Å². The fourth-order valence-electron chi connectivity index (χ4n) is 1.48. The summed E-state index contributed by atoms with van der Waals surface area (Å²) < 4.78 is 5.46. The third-order valence-electron chi connectivity index (χ3n) is 2.60. The first-order valence-corrected chi connectivity index (χ1v) is 7.18. The minimum absolute atomic E-state index is 0.0874. The summed E-state index contributed by atoms with van der Waals surface area (Å²) in [6.45, 7) is 2.55. The molecule has 1 unspecified atom stereocenters. The van der Waals surface area contributed by atoms with E-state index >= 15 is 0 Å². The Labute approximate surface area is 120 Å². The second-order valence-corrected chi connectivity index (χ2v) is 5.27. The SMILES string of the molecule is CC(CCBr)CCOc1c(Cl)cccc1[N+](=O)[O-]. The minimum atomic E-state index is -0.483. The highest BCUT2D eigenvalue weighted by atomic mass is 79.9. The maximum Gasteiger partial charge on any atom is 0.312 e. The lowest BCUT2D eigenvalue weighted by Gasteiger charge is -2.11. The van der Waals surface area contributed by atoms with Gasteiger partial charge in [-0.1, -0.05) is 40.5 Å². The molecular formula is C12H15BrClNO3. The predicted molar refractivity (Wildman–Crippen MR) is 75.8 cm³/mol. The van der Waals surface area contributed by atoms with E-state index in [0.717, 1.165) is 18.2 Å². The predicted octanol–water partition coefficient (Wildman–Crippen LogP) is 4.44. The van der Waals surface area contributed by atoms with Crippen molar-refractivity contribution in [3.05, 3.63) is 33.3 Å². The van der Waals surface area contributed by atoms with Gasteiger partial charge in [-0.2, -0.15) is 0 Å². The zero-order valence-electron chi connectivity index (χ0n) is 10.1. The van der Waals surface area contributed by atoms with Gasteiger partial charge < -0.3 is 4.74 Å². The average molecular weight is 337 g/mol. The summed E-state index contributed by atoms with van der Waals surface area (Å²) in [6.07, 6.45) is 1.89. The summed E-state index contributed by atoms with van der Waals surface area (Å²) in [5.41, 5.74) is -0.0874. The Hall–Kier alpha value is -0.810. The molecule has 0 fully saturated rings. The number of hydrogen-bond donors (Lipinski definition) is 0. The molecule has 18 heavy (non-hydrogen) atoms. The molecule has 0 saturated carbocycles. The highest BCUT2D eigenvalue weighted by molar-refractivity contribution is 9.09. The second-order valence-electron chi connectivity index (χ2n) is 4.07. The van der Waals surface area contributed by atoms with Gasteiger partial charge in [-0.3, -0.25) is 10.1 Å². The number of alkyl halides is 1. The quantitative estimate of drug-likeness (QED) is 0.420. The van der Waals surface area contributed by atoms with Gasteiger partial charge in [0.25, 0.3) is 0 Å². The van der Waals surface area contributed by atoms with Gasteiger partial charge in [0.05, 0.1) is 16.6 Å². The zero-order valence-corrected chi connectivity index (χ0v) is 12.4. The molecule has 0 saturated heterocycles. The van der Waals surface area contributed by atoms with Crippen LogP contribution in [0.25, 0.3) is 0 Å². The van der Waals surface area contributed by atoms with Crippen LogP contribution in [0.4, 0.5) is 5.69 Å². The largest absolute Gasteiger partial charge is 0.486 e. The monoisotopic (exact) mass is 335 g/mol. The van der Waals surface area contributed by atoms with Crippen molar-refractivity contribution in [3.8, 4) is 5.75 Å². The highest BCUT2D eigenvalue weighted by Crippen LogP contribution is 2.34. The topological polar surface area (TPSA) is 52.4 Å². The molecule has 1 aromatic carbocycles. The molecule has 6 heteroatoms. The van der Waals surface area contributed by atoms with Crippen LogP contribution in [-0.2, 0) is 0 Å². The molecule has 0 amide bonds. The van der Waals surface area contributed by atoms with Crippen LogP contribution >= 0.6 is 27.5 Å². The van der Waals surface area contributed by atoms with Crippen LogP contribution in [0.5, 0.6) is 5.75 Å². The van der Waals surface area contributed by atoms with Gasteiger partial charge in [-0.25, -0.2) is 0 Å². The van der Waals surface area contributed by atoms with Gasteiger partial charge in [0.15, 0.2) is 0 Å². The van der Waals surface area contributed by atoms with Crippen LogP contribution in [0, 0.1) is 16.0 Å². The van der Waals surface area contributed by atoms with Crippen molar-refractivity contribution in [3.63, 3.8) is 0 Å². The third-order valence-corrected chi connectivity index (χ3v) is 3.36. The summed E-state index contributed by atoms with van der Waals surface area (Å²) in [4.78, 5) is 10.4. The van der Waals surface area contributed by atoms with Crippen LogP contribution in [0.15, 0.2) is 18.2 Å².